The van der Waals surface area contributed by atoms with Gasteiger partial charge in [0.2, 0.25) is 0 Å². The van der Waals surface area contributed by atoms with E-state index in [1.54, 1.807) is 17.7 Å². The van der Waals surface area contributed by atoms with Crippen LogP contribution >= 0.6 is 0 Å². The van der Waals surface area contributed by atoms with Crippen molar-refractivity contribution in [3.8, 4) is 16.9 Å². The summed E-state index contributed by atoms with van der Waals surface area (Å²) >= 11 is 0. The molecule has 0 aliphatic carbocycles. The zero-order valence-corrected chi connectivity index (χ0v) is 13.3. The molecule has 0 bridgehead atoms. The Balaban J connectivity index is 1.91. The second-order valence-corrected chi connectivity index (χ2v) is 5.60. The van der Waals surface area contributed by atoms with Gasteiger partial charge in [-0.15, -0.1) is 0 Å². The molecule has 0 unspecified atom stereocenters. The first-order valence-corrected chi connectivity index (χ1v) is 7.56. The first kappa shape index (κ1) is 15.1. The van der Waals surface area contributed by atoms with Crippen LogP contribution in [0.25, 0.3) is 11.1 Å². The number of rotatable bonds is 4. The van der Waals surface area contributed by atoms with E-state index in [1.165, 1.54) is 5.56 Å². The minimum absolute atomic E-state index is 0.00263. The second kappa shape index (κ2) is 6.53. The molecule has 0 saturated heterocycles. The summed E-state index contributed by atoms with van der Waals surface area (Å²) in [6, 6.07) is 19.5. The van der Waals surface area contributed by atoms with Crippen LogP contribution < -0.4 is 10.3 Å². The normalized spacial score (nSPS) is 10.5. The first-order valence-electron chi connectivity index (χ1n) is 7.56. The molecule has 0 N–H and O–H groups in total. The molecule has 0 aliphatic heterocycles. The van der Waals surface area contributed by atoms with Crippen LogP contribution in [0.2, 0.25) is 0 Å². The van der Waals surface area contributed by atoms with Crippen molar-refractivity contribution in [1.29, 1.82) is 0 Å². The molecular weight excluding hydrogens is 286 g/mol. The number of ether oxygens (including phenoxy) is 1. The van der Waals surface area contributed by atoms with E-state index in [0.717, 1.165) is 22.4 Å². The van der Waals surface area contributed by atoms with E-state index in [1.807, 2.05) is 36.5 Å². The van der Waals surface area contributed by atoms with Crippen molar-refractivity contribution in [3.05, 3.63) is 88.3 Å². The fourth-order valence-electron chi connectivity index (χ4n) is 2.50. The topological polar surface area (TPSA) is 31.2 Å². The Hall–Kier alpha value is -2.81. The van der Waals surface area contributed by atoms with Crippen molar-refractivity contribution in [2.75, 3.05) is 7.11 Å². The van der Waals surface area contributed by atoms with Gasteiger partial charge in [-0.1, -0.05) is 42.0 Å². The van der Waals surface area contributed by atoms with Crippen molar-refractivity contribution >= 4 is 0 Å². The maximum Gasteiger partial charge on any atom is 0.250 e. The number of benzene rings is 2. The molecule has 0 radical (unpaired) electrons. The average molecular weight is 305 g/mol. The summed E-state index contributed by atoms with van der Waals surface area (Å²) in [5, 5.41) is 0. The van der Waals surface area contributed by atoms with Gasteiger partial charge in [-0.25, -0.2) is 0 Å². The number of aromatic nitrogens is 1. The SMILES string of the molecule is COc1ccc(-c2ccc(=O)n(Cc3ccc(C)cc3)c2)cc1. The van der Waals surface area contributed by atoms with Crippen LogP contribution in [0.1, 0.15) is 11.1 Å². The van der Waals surface area contributed by atoms with Crippen LogP contribution in [0.15, 0.2) is 71.7 Å². The lowest BCUT2D eigenvalue weighted by Gasteiger charge is -2.09. The molecule has 0 saturated carbocycles. The predicted octanol–water partition coefficient (Wildman–Crippen LogP) is 3.88. The number of methoxy groups -OCH3 is 1. The molecule has 1 aromatic heterocycles. The Morgan fingerprint density at radius 1 is 0.870 bits per heavy atom. The fourth-order valence-corrected chi connectivity index (χ4v) is 2.50. The highest BCUT2D eigenvalue weighted by Crippen LogP contribution is 2.21. The van der Waals surface area contributed by atoms with Gasteiger partial charge in [-0.3, -0.25) is 4.79 Å². The molecule has 3 aromatic rings. The van der Waals surface area contributed by atoms with Crippen LogP contribution in [0.4, 0.5) is 0 Å². The van der Waals surface area contributed by atoms with Crippen LogP contribution in [-0.4, -0.2) is 11.7 Å². The molecule has 0 atom stereocenters. The van der Waals surface area contributed by atoms with Crippen LogP contribution in [0.5, 0.6) is 5.75 Å². The van der Waals surface area contributed by atoms with Crippen molar-refractivity contribution in [3.63, 3.8) is 0 Å². The van der Waals surface area contributed by atoms with E-state index in [4.69, 9.17) is 4.74 Å². The molecule has 116 valence electrons. The van der Waals surface area contributed by atoms with Gasteiger partial charge in [0.25, 0.3) is 5.56 Å². The summed E-state index contributed by atoms with van der Waals surface area (Å²) in [7, 11) is 1.65. The highest BCUT2D eigenvalue weighted by atomic mass is 16.5. The molecule has 23 heavy (non-hydrogen) atoms. The van der Waals surface area contributed by atoms with Crippen molar-refractivity contribution in [1.82, 2.24) is 4.57 Å². The Kier molecular flexibility index (Phi) is 4.29. The smallest absolute Gasteiger partial charge is 0.250 e. The molecule has 0 amide bonds. The fraction of sp³-hybridized carbons (Fsp3) is 0.150. The Morgan fingerprint density at radius 2 is 1.52 bits per heavy atom. The molecule has 0 spiro atoms. The first-order chi connectivity index (χ1) is 11.2. The van der Waals surface area contributed by atoms with Crippen LogP contribution in [0.3, 0.4) is 0 Å². The third-order valence-electron chi connectivity index (χ3n) is 3.88. The summed E-state index contributed by atoms with van der Waals surface area (Å²) in [5.74, 6) is 0.821. The third kappa shape index (κ3) is 3.51. The molecule has 3 heteroatoms. The van der Waals surface area contributed by atoms with Gasteiger partial charge in [0.1, 0.15) is 5.75 Å². The number of hydrogen-bond donors (Lipinski definition) is 0. The number of nitrogens with zero attached hydrogens (tertiary/aromatic N) is 1. The van der Waals surface area contributed by atoms with Gasteiger partial charge in [0.15, 0.2) is 0 Å². The van der Waals surface area contributed by atoms with E-state index in [9.17, 15) is 4.79 Å². The van der Waals surface area contributed by atoms with E-state index in [2.05, 4.69) is 31.2 Å². The highest BCUT2D eigenvalue weighted by Gasteiger charge is 2.03. The quantitative estimate of drug-likeness (QED) is 0.732. The highest BCUT2D eigenvalue weighted by molar-refractivity contribution is 5.63. The van der Waals surface area contributed by atoms with E-state index >= 15 is 0 Å². The molecule has 0 fully saturated rings. The monoisotopic (exact) mass is 305 g/mol. The zero-order valence-electron chi connectivity index (χ0n) is 13.3. The second-order valence-electron chi connectivity index (χ2n) is 5.60. The Morgan fingerprint density at radius 3 is 2.17 bits per heavy atom. The zero-order chi connectivity index (χ0) is 16.2. The summed E-state index contributed by atoms with van der Waals surface area (Å²) < 4.78 is 6.92. The van der Waals surface area contributed by atoms with Gasteiger partial charge >= 0.3 is 0 Å². The van der Waals surface area contributed by atoms with Crippen molar-refractivity contribution in [2.45, 2.75) is 13.5 Å². The van der Waals surface area contributed by atoms with E-state index < -0.39 is 0 Å². The van der Waals surface area contributed by atoms with Crippen molar-refractivity contribution in [2.24, 2.45) is 0 Å². The maximum atomic E-state index is 12.1. The predicted molar refractivity (Wildman–Crippen MR) is 93.0 cm³/mol. The summed E-state index contributed by atoms with van der Waals surface area (Å²) in [6.45, 7) is 2.63. The van der Waals surface area contributed by atoms with Gasteiger partial charge in [0.05, 0.1) is 13.7 Å². The van der Waals surface area contributed by atoms with Gasteiger partial charge in [0, 0.05) is 12.3 Å². The largest absolute Gasteiger partial charge is 0.497 e. The number of hydrogen-bond acceptors (Lipinski definition) is 2. The lowest BCUT2D eigenvalue weighted by atomic mass is 10.1. The van der Waals surface area contributed by atoms with Gasteiger partial charge in [-0.2, -0.15) is 0 Å². The Labute approximate surface area is 135 Å². The summed E-state index contributed by atoms with van der Waals surface area (Å²) in [6.07, 6.45) is 1.91. The maximum absolute atomic E-state index is 12.1. The summed E-state index contributed by atoms with van der Waals surface area (Å²) in [4.78, 5) is 12.1. The molecule has 3 rings (SSSR count). The van der Waals surface area contributed by atoms with Gasteiger partial charge < -0.3 is 9.30 Å². The van der Waals surface area contributed by atoms with Crippen LogP contribution in [-0.2, 0) is 6.54 Å². The number of pyridine rings is 1. The Bertz CT molecular complexity index is 846. The van der Waals surface area contributed by atoms with Crippen LogP contribution in [0, 0.1) is 6.92 Å². The lowest BCUT2D eigenvalue weighted by molar-refractivity contribution is 0.415. The average Bonchev–Trinajstić information content (AvgIpc) is 2.59. The minimum Gasteiger partial charge on any atom is -0.497 e. The number of aryl methyl sites for hydroxylation is 1. The third-order valence-corrected chi connectivity index (χ3v) is 3.88. The van der Waals surface area contributed by atoms with Crippen molar-refractivity contribution < 1.29 is 4.74 Å². The standard InChI is InChI=1S/C20H19NO2/c1-15-3-5-16(6-4-15)13-21-14-18(9-12-20(21)22)17-7-10-19(23-2)11-8-17/h3-12,14H,13H2,1-2H3. The van der Waals surface area contributed by atoms with E-state index in [0.29, 0.717) is 6.54 Å². The summed E-state index contributed by atoms with van der Waals surface area (Å²) in [5.41, 5.74) is 4.41. The molecule has 1 heterocycles. The molecule has 2 aromatic carbocycles. The van der Waals surface area contributed by atoms with E-state index in [-0.39, 0.29) is 5.56 Å². The van der Waals surface area contributed by atoms with Gasteiger partial charge in [-0.05, 0) is 41.8 Å². The molecular formula is C20H19NO2. The minimum atomic E-state index is 0.00263. The molecule has 3 nitrogen and oxygen atoms in total. The lowest BCUT2D eigenvalue weighted by Crippen LogP contribution is -2.19. The molecule has 0 aliphatic rings.